The van der Waals surface area contributed by atoms with Gasteiger partial charge in [0.05, 0.1) is 24.1 Å². The summed E-state index contributed by atoms with van der Waals surface area (Å²) in [5, 5.41) is 3.47. The first kappa shape index (κ1) is 18.1. The minimum Gasteiger partial charge on any atom is -0.377 e. The smallest absolute Gasteiger partial charge is 0.0596 e. The number of likely N-dealkylation sites (N-methyl/N-ethyl adjacent to an activating group) is 1. The van der Waals surface area contributed by atoms with Crippen LogP contribution in [0.4, 0.5) is 0 Å². The molecule has 0 saturated heterocycles. The molecule has 1 N–H and O–H groups in total. The van der Waals surface area contributed by atoms with E-state index in [1.54, 1.807) is 0 Å². The number of hydrogen-bond donors (Lipinski definition) is 1. The lowest BCUT2D eigenvalue weighted by molar-refractivity contribution is 0.0625. The van der Waals surface area contributed by atoms with Crippen LogP contribution in [0.1, 0.15) is 46.0 Å². The van der Waals surface area contributed by atoms with Gasteiger partial charge in [0.15, 0.2) is 0 Å². The van der Waals surface area contributed by atoms with Gasteiger partial charge in [-0.15, -0.1) is 0 Å². The normalized spacial score (nSPS) is 12.4. The molecule has 0 radical (unpaired) electrons. The maximum absolute atomic E-state index is 5.58. The van der Waals surface area contributed by atoms with E-state index in [0.717, 1.165) is 37.6 Å². The molecule has 4 heteroatoms. The minimum atomic E-state index is 0.114. The van der Waals surface area contributed by atoms with E-state index in [1.807, 2.05) is 0 Å². The molecule has 0 aliphatic heterocycles. The van der Waals surface area contributed by atoms with Crippen molar-refractivity contribution in [1.29, 1.82) is 0 Å². The Kier molecular flexibility index (Phi) is 7.29. The average Bonchev–Trinajstić information content (AvgIpc) is 2.35. The first-order valence-corrected chi connectivity index (χ1v) is 7.76. The summed E-state index contributed by atoms with van der Waals surface area (Å²) in [4.78, 5) is 6.96. The summed E-state index contributed by atoms with van der Waals surface area (Å²) in [7, 11) is 2.10. The Bertz CT molecular complexity index is 413. The van der Waals surface area contributed by atoms with Gasteiger partial charge in [0.2, 0.25) is 0 Å². The highest BCUT2D eigenvalue weighted by atomic mass is 16.5. The fourth-order valence-electron chi connectivity index (χ4n) is 1.87. The molecular weight excluding hydrogens is 262 g/mol. The molecule has 0 bridgehead atoms. The molecule has 0 spiro atoms. The number of hydrogen-bond acceptors (Lipinski definition) is 4. The molecular formula is C17H31N3O. The third kappa shape index (κ3) is 8.81. The molecule has 1 heterocycles. The van der Waals surface area contributed by atoms with Crippen molar-refractivity contribution in [2.24, 2.45) is 0 Å². The lowest BCUT2D eigenvalue weighted by Crippen LogP contribution is -2.35. The summed E-state index contributed by atoms with van der Waals surface area (Å²) in [5.74, 6) is 0. The summed E-state index contributed by atoms with van der Waals surface area (Å²) in [6, 6.07) is 6.24. The molecule has 1 rings (SSSR count). The Morgan fingerprint density at radius 1 is 1.24 bits per heavy atom. The average molecular weight is 293 g/mol. The quantitative estimate of drug-likeness (QED) is 0.800. The lowest BCUT2D eigenvalue weighted by atomic mass is 10.1. The Hall–Kier alpha value is -0.970. The van der Waals surface area contributed by atoms with Gasteiger partial charge in [0.1, 0.15) is 0 Å². The van der Waals surface area contributed by atoms with Crippen LogP contribution in [0.15, 0.2) is 18.2 Å². The van der Waals surface area contributed by atoms with E-state index in [4.69, 9.17) is 9.72 Å². The van der Waals surface area contributed by atoms with Gasteiger partial charge in [-0.3, -0.25) is 9.88 Å². The highest BCUT2D eigenvalue weighted by Gasteiger charge is 2.09. The van der Waals surface area contributed by atoms with E-state index >= 15 is 0 Å². The van der Waals surface area contributed by atoms with E-state index in [1.165, 1.54) is 0 Å². The minimum absolute atomic E-state index is 0.114. The van der Waals surface area contributed by atoms with Crippen LogP contribution in [-0.2, 0) is 17.8 Å². The maximum atomic E-state index is 5.58. The molecule has 0 aromatic carbocycles. The van der Waals surface area contributed by atoms with Gasteiger partial charge in [-0.2, -0.15) is 0 Å². The maximum Gasteiger partial charge on any atom is 0.0596 e. The zero-order chi connectivity index (χ0) is 15.9. The van der Waals surface area contributed by atoms with Gasteiger partial charge in [-0.25, -0.2) is 0 Å². The van der Waals surface area contributed by atoms with Crippen molar-refractivity contribution in [2.45, 2.75) is 59.4 Å². The fraction of sp³-hybridized carbons (Fsp3) is 0.706. The van der Waals surface area contributed by atoms with Crippen LogP contribution >= 0.6 is 0 Å². The lowest BCUT2D eigenvalue weighted by Gasteiger charge is -2.21. The Morgan fingerprint density at radius 2 is 1.90 bits per heavy atom. The van der Waals surface area contributed by atoms with Gasteiger partial charge < -0.3 is 10.1 Å². The van der Waals surface area contributed by atoms with E-state index < -0.39 is 0 Å². The molecule has 0 saturated carbocycles. The van der Waals surface area contributed by atoms with Crippen LogP contribution in [0.5, 0.6) is 0 Å². The van der Waals surface area contributed by atoms with Gasteiger partial charge in [0, 0.05) is 25.2 Å². The number of pyridine rings is 1. The predicted molar refractivity (Wildman–Crippen MR) is 88.3 cm³/mol. The second kappa shape index (κ2) is 8.47. The first-order chi connectivity index (χ1) is 9.76. The molecule has 0 aliphatic rings. The second-order valence-corrected chi connectivity index (χ2v) is 6.88. The van der Waals surface area contributed by atoms with Crippen molar-refractivity contribution in [3.05, 3.63) is 29.6 Å². The Balaban J connectivity index is 2.44. The van der Waals surface area contributed by atoms with Crippen LogP contribution in [0.25, 0.3) is 0 Å². The van der Waals surface area contributed by atoms with E-state index in [9.17, 15) is 0 Å². The molecule has 0 amide bonds. The van der Waals surface area contributed by atoms with Crippen molar-refractivity contribution in [3.63, 3.8) is 0 Å². The van der Waals surface area contributed by atoms with Gasteiger partial charge >= 0.3 is 0 Å². The number of nitrogens with one attached hydrogen (secondary N) is 1. The van der Waals surface area contributed by atoms with Gasteiger partial charge in [0.25, 0.3) is 0 Å². The van der Waals surface area contributed by atoms with Crippen molar-refractivity contribution >= 4 is 0 Å². The molecule has 120 valence electrons. The number of ether oxygens (including phenoxy) is 1. The monoisotopic (exact) mass is 293 g/mol. The largest absolute Gasteiger partial charge is 0.377 e. The number of nitrogens with zero attached hydrogens (tertiary/aromatic N) is 2. The van der Waals surface area contributed by atoms with E-state index in [2.05, 4.69) is 70.1 Å². The molecule has 0 unspecified atom stereocenters. The fourth-order valence-corrected chi connectivity index (χ4v) is 1.87. The van der Waals surface area contributed by atoms with Crippen LogP contribution in [-0.4, -0.2) is 41.7 Å². The zero-order valence-electron chi connectivity index (χ0n) is 14.4. The highest BCUT2D eigenvalue weighted by Crippen LogP contribution is 2.05. The third-order valence-electron chi connectivity index (χ3n) is 3.02. The van der Waals surface area contributed by atoms with Crippen LogP contribution in [0, 0.1) is 0 Å². The summed E-state index contributed by atoms with van der Waals surface area (Å²) in [5.41, 5.74) is 2.31. The highest BCUT2D eigenvalue weighted by molar-refractivity contribution is 5.11. The van der Waals surface area contributed by atoms with Crippen molar-refractivity contribution < 1.29 is 4.74 Å². The Labute approximate surface area is 129 Å². The molecule has 4 nitrogen and oxygen atoms in total. The summed E-state index contributed by atoms with van der Waals surface area (Å²) >= 11 is 0. The van der Waals surface area contributed by atoms with Crippen LogP contribution < -0.4 is 5.32 Å². The SMILES string of the molecule is CC(C)OCCN(C)Cc1cccc(CNC(C)(C)C)n1. The second-order valence-electron chi connectivity index (χ2n) is 6.88. The zero-order valence-corrected chi connectivity index (χ0v) is 14.4. The van der Waals surface area contributed by atoms with Crippen molar-refractivity contribution in [3.8, 4) is 0 Å². The van der Waals surface area contributed by atoms with Crippen molar-refractivity contribution in [1.82, 2.24) is 15.2 Å². The van der Waals surface area contributed by atoms with Gasteiger partial charge in [-0.1, -0.05) is 6.07 Å². The first-order valence-electron chi connectivity index (χ1n) is 7.76. The molecule has 1 aromatic rings. The molecule has 1 aromatic heterocycles. The molecule has 0 atom stereocenters. The van der Waals surface area contributed by atoms with Crippen LogP contribution in [0.3, 0.4) is 0 Å². The third-order valence-corrected chi connectivity index (χ3v) is 3.02. The van der Waals surface area contributed by atoms with E-state index in [-0.39, 0.29) is 5.54 Å². The predicted octanol–water partition coefficient (Wildman–Crippen LogP) is 2.83. The molecule has 21 heavy (non-hydrogen) atoms. The topological polar surface area (TPSA) is 37.4 Å². The summed E-state index contributed by atoms with van der Waals surface area (Å²) in [6.45, 7) is 14.0. The number of rotatable bonds is 8. The standard InChI is InChI=1S/C17H31N3O/c1-14(2)21-11-10-20(6)13-16-9-7-8-15(19-16)12-18-17(3,4)5/h7-9,14,18H,10-13H2,1-6H3. The summed E-state index contributed by atoms with van der Waals surface area (Å²) < 4.78 is 5.58. The summed E-state index contributed by atoms with van der Waals surface area (Å²) in [6.07, 6.45) is 0.295. The Morgan fingerprint density at radius 3 is 2.52 bits per heavy atom. The van der Waals surface area contributed by atoms with Crippen LogP contribution in [0.2, 0.25) is 0 Å². The molecule has 0 aliphatic carbocycles. The van der Waals surface area contributed by atoms with Crippen molar-refractivity contribution in [2.75, 3.05) is 20.2 Å². The molecule has 0 fully saturated rings. The van der Waals surface area contributed by atoms with Gasteiger partial charge in [-0.05, 0) is 53.8 Å². The van der Waals surface area contributed by atoms with E-state index in [0.29, 0.717) is 6.10 Å². The number of aromatic nitrogens is 1.